The molecule has 33 heavy (non-hydrogen) atoms. The van der Waals surface area contributed by atoms with Crippen molar-refractivity contribution in [3.8, 4) is 11.5 Å². The monoisotopic (exact) mass is 449 g/mol. The first-order valence-corrected chi connectivity index (χ1v) is 11.2. The van der Waals surface area contributed by atoms with Crippen LogP contribution in [0.4, 0.5) is 0 Å². The molecule has 1 heterocycles. The Kier molecular flexibility index (Phi) is 6.77. The minimum absolute atomic E-state index is 0.0280. The van der Waals surface area contributed by atoms with Crippen LogP contribution >= 0.6 is 0 Å². The minimum Gasteiger partial charge on any atom is -0.482 e. The highest BCUT2D eigenvalue weighted by Crippen LogP contribution is 2.23. The number of nitrogens with one attached hydrogen (secondary N) is 1. The summed E-state index contributed by atoms with van der Waals surface area (Å²) >= 11 is 0. The van der Waals surface area contributed by atoms with Gasteiger partial charge in [0.15, 0.2) is 6.61 Å². The third kappa shape index (κ3) is 5.42. The normalized spacial score (nSPS) is 14.1. The molecule has 7 nitrogen and oxygen atoms in total. The van der Waals surface area contributed by atoms with Crippen molar-refractivity contribution in [2.24, 2.45) is 0 Å². The van der Waals surface area contributed by atoms with Crippen LogP contribution in [-0.4, -0.2) is 24.5 Å². The smallest absolute Gasteiger partial charge is 0.349 e. The van der Waals surface area contributed by atoms with Crippen molar-refractivity contribution in [1.29, 1.82) is 0 Å². The van der Waals surface area contributed by atoms with Gasteiger partial charge in [-0.15, -0.1) is 0 Å². The van der Waals surface area contributed by atoms with E-state index in [1.54, 1.807) is 18.2 Å². The molecule has 1 aliphatic carbocycles. The first-order chi connectivity index (χ1) is 15.9. The number of benzene rings is 2. The highest BCUT2D eigenvalue weighted by Gasteiger charge is 2.20. The van der Waals surface area contributed by atoms with Gasteiger partial charge in [0.05, 0.1) is 0 Å². The SMILES string of the molecule is Cc1cccc(OCC(=O)Oc2ccc3cc(C(=O)NC4CCCCC4)c(=O)oc3c2)c1C. The fourth-order valence-electron chi connectivity index (χ4n) is 4.00. The van der Waals surface area contributed by atoms with Crippen LogP contribution < -0.4 is 20.4 Å². The van der Waals surface area contributed by atoms with Crippen molar-refractivity contribution in [3.05, 3.63) is 69.6 Å². The maximum absolute atomic E-state index is 12.6. The van der Waals surface area contributed by atoms with Crippen molar-refractivity contribution in [2.45, 2.75) is 52.0 Å². The van der Waals surface area contributed by atoms with E-state index in [0.29, 0.717) is 11.1 Å². The minimum atomic E-state index is -0.724. The molecule has 1 N–H and O–H groups in total. The maximum Gasteiger partial charge on any atom is 0.349 e. The van der Waals surface area contributed by atoms with Gasteiger partial charge < -0.3 is 19.2 Å². The van der Waals surface area contributed by atoms with Crippen molar-refractivity contribution in [1.82, 2.24) is 5.32 Å². The van der Waals surface area contributed by atoms with Gasteiger partial charge in [-0.3, -0.25) is 4.79 Å². The lowest BCUT2D eigenvalue weighted by atomic mass is 9.95. The van der Waals surface area contributed by atoms with E-state index in [1.807, 2.05) is 26.0 Å². The Labute approximate surface area is 191 Å². The van der Waals surface area contributed by atoms with Crippen LogP contribution in [0.2, 0.25) is 0 Å². The summed E-state index contributed by atoms with van der Waals surface area (Å²) in [6.07, 6.45) is 5.18. The number of carbonyl (C=O) groups excluding carboxylic acids is 2. The lowest BCUT2D eigenvalue weighted by Gasteiger charge is -2.22. The van der Waals surface area contributed by atoms with Crippen molar-refractivity contribution >= 4 is 22.8 Å². The Morgan fingerprint density at radius 3 is 2.64 bits per heavy atom. The predicted molar refractivity (Wildman–Crippen MR) is 124 cm³/mol. The topological polar surface area (TPSA) is 94.8 Å². The molecule has 172 valence electrons. The lowest BCUT2D eigenvalue weighted by molar-refractivity contribution is -0.136. The lowest BCUT2D eigenvalue weighted by Crippen LogP contribution is -2.38. The second kappa shape index (κ2) is 9.90. The zero-order chi connectivity index (χ0) is 23.4. The Balaban J connectivity index is 1.43. The molecule has 1 aliphatic rings. The molecule has 0 bridgehead atoms. The molecule has 1 saturated carbocycles. The Morgan fingerprint density at radius 2 is 1.85 bits per heavy atom. The molecule has 1 amide bonds. The molecule has 1 aromatic heterocycles. The zero-order valence-electron chi connectivity index (χ0n) is 18.8. The van der Waals surface area contributed by atoms with Gasteiger partial charge in [-0.2, -0.15) is 0 Å². The summed E-state index contributed by atoms with van der Waals surface area (Å²) in [6.45, 7) is 3.63. The van der Waals surface area contributed by atoms with Crippen LogP contribution in [0.15, 0.2) is 51.7 Å². The molecule has 0 spiro atoms. The average Bonchev–Trinajstić information content (AvgIpc) is 2.80. The van der Waals surface area contributed by atoms with Crippen LogP contribution in [0.3, 0.4) is 0 Å². The van der Waals surface area contributed by atoms with E-state index in [9.17, 15) is 14.4 Å². The van der Waals surface area contributed by atoms with Crippen molar-refractivity contribution < 1.29 is 23.5 Å². The summed E-state index contributed by atoms with van der Waals surface area (Å²) in [5, 5.41) is 3.50. The van der Waals surface area contributed by atoms with E-state index < -0.39 is 17.5 Å². The molecule has 1 fully saturated rings. The van der Waals surface area contributed by atoms with Crippen LogP contribution in [0.1, 0.15) is 53.6 Å². The molecule has 0 radical (unpaired) electrons. The average molecular weight is 450 g/mol. The highest BCUT2D eigenvalue weighted by atomic mass is 16.6. The third-order valence-electron chi connectivity index (χ3n) is 6.02. The number of hydrogen-bond donors (Lipinski definition) is 1. The van der Waals surface area contributed by atoms with Gasteiger partial charge in [-0.05, 0) is 62.1 Å². The second-order valence-corrected chi connectivity index (χ2v) is 8.42. The molecule has 0 aliphatic heterocycles. The standard InChI is InChI=1S/C26H27NO6/c1-16-7-6-10-22(17(16)2)31-15-24(28)32-20-12-11-18-13-21(26(30)33-23(18)14-20)25(29)27-19-8-4-3-5-9-19/h6-7,10-14,19H,3-5,8-9,15H2,1-2H3,(H,27,29). The van der Waals surface area contributed by atoms with Crippen molar-refractivity contribution in [2.75, 3.05) is 6.61 Å². The number of amides is 1. The summed E-state index contributed by atoms with van der Waals surface area (Å²) in [5.74, 6) is -0.159. The van der Waals surface area contributed by atoms with Crippen LogP contribution in [0.25, 0.3) is 11.0 Å². The summed E-state index contributed by atoms with van der Waals surface area (Å²) in [5.41, 5.74) is 1.51. The van der Waals surface area contributed by atoms with E-state index in [1.165, 1.54) is 18.6 Å². The van der Waals surface area contributed by atoms with E-state index in [-0.39, 0.29) is 29.5 Å². The van der Waals surface area contributed by atoms with E-state index in [4.69, 9.17) is 13.9 Å². The number of esters is 1. The Morgan fingerprint density at radius 1 is 1.06 bits per heavy atom. The number of hydrogen-bond acceptors (Lipinski definition) is 6. The summed E-state index contributed by atoms with van der Waals surface area (Å²) in [7, 11) is 0. The molecule has 0 atom stereocenters. The number of aryl methyl sites for hydroxylation is 1. The van der Waals surface area contributed by atoms with Gasteiger partial charge in [0, 0.05) is 17.5 Å². The summed E-state index contributed by atoms with van der Waals surface area (Å²) in [4.78, 5) is 37.2. The van der Waals surface area contributed by atoms with E-state index in [2.05, 4.69) is 5.32 Å². The fourth-order valence-corrected chi connectivity index (χ4v) is 4.00. The fraction of sp³-hybridized carbons (Fsp3) is 0.346. The first kappa shape index (κ1) is 22.6. The molecule has 2 aromatic carbocycles. The number of rotatable bonds is 6. The Hall–Kier alpha value is -3.61. The van der Waals surface area contributed by atoms with E-state index in [0.717, 1.165) is 36.8 Å². The maximum atomic E-state index is 12.6. The third-order valence-corrected chi connectivity index (χ3v) is 6.02. The van der Waals surface area contributed by atoms with Gasteiger partial charge in [0.2, 0.25) is 0 Å². The van der Waals surface area contributed by atoms with Gasteiger partial charge >= 0.3 is 11.6 Å². The van der Waals surface area contributed by atoms with Crippen LogP contribution in [0, 0.1) is 13.8 Å². The largest absolute Gasteiger partial charge is 0.482 e. The summed E-state index contributed by atoms with van der Waals surface area (Å²) < 4.78 is 16.2. The highest BCUT2D eigenvalue weighted by molar-refractivity contribution is 5.97. The zero-order valence-corrected chi connectivity index (χ0v) is 18.8. The Bertz CT molecular complexity index is 1240. The molecular weight excluding hydrogens is 422 g/mol. The number of carbonyl (C=O) groups is 2. The van der Waals surface area contributed by atoms with Gasteiger partial charge in [0.1, 0.15) is 22.6 Å². The first-order valence-electron chi connectivity index (χ1n) is 11.2. The second-order valence-electron chi connectivity index (χ2n) is 8.42. The van der Waals surface area contributed by atoms with Crippen LogP contribution in [-0.2, 0) is 4.79 Å². The molecule has 4 rings (SSSR count). The number of ether oxygens (including phenoxy) is 2. The molecule has 0 unspecified atom stereocenters. The molecule has 3 aromatic rings. The van der Waals surface area contributed by atoms with Gasteiger partial charge in [-0.1, -0.05) is 31.4 Å². The van der Waals surface area contributed by atoms with Crippen LogP contribution in [0.5, 0.6) is 11.5 Å². The van der Waals surface area contributed by atoms with Gasteiger partial charge in [-0.25, -0.2) is 9.59 Å². The quantitative estimate of drug-likeness (QED) is 0.339. The molecular formula is C26H27NO6. The number of fused-ring (bicyclic) bond motifs is 1. The summed E-state index contributed by atoms with van der Waals surface area (Å²) in [6, 6.07) is 11.9. The predicted octanol–water partition coefficient (Wildman–Crippen LogP) is 4.46. The van der Waals surface area contributed by atoms with Crippen molar-refractivity contribution in [3.63, 3.8) is 0 Å². The molecule has 7 heteroatoms. The van der Waals surface area contributed by atoms with E-state index >= 15 is 0 Å². The van der Waals surface area contributed by atoms with Gasteiger partial charge in [0.25, 0.3) is 5.91 Å². The molecule has 0 saturated heterocycles.